The summed E-state index contributed by atoms with van der Waals surface area (Å²) in [5.74, 6) is 0.657. The topological polar surface area (TPSA) is 68.8 Å². The van der Waals surface area contributed by atoms with Crippen molar-refractivity contribution >= 4 is 16.8 Å². The van der Waals surface area contributed by atoms with E-state index in [0.29, 0.717) is 5.82 Å². The first-order valence-electron chi connectivity index (χ1n) is 8.26. The number of hydrogen-bond acceptors (Lipinski definition) is 4. The molecular weight excluding hydrogens is 304 g/mol. The number of amides is 1. The summed E-state index contributed by atoms with van der Waals surface area (Å²) in [6.07, 6.45) is 4.86. The van der Waals surface area contributed by atoms with Crippen LogP contribution in [0, 0.1) is 0 Å². The fraction of sp³-hybridized carbons (Fsp3) is 0.412. The molecule has 3 aromatic rings. The molecule has 1 saturated heterocycles. The molecule has 1 aromatic carbocycles. The van der Waals surface area contributed by atoms with Gasteiger partial charge in [0.15, 0.2) is 0 Å². The van der Waals surface area contributed by atoms with E-state index in [4.69, 9.17) is 0 Å². The number of tetrazole rings is 1. The Bertz CT molecular complexity index is 896. The highest BCUT2D eigenvalue weighted by atomic mass is 16.2. The molecule has 7 nitrogen and oxygen atoms in total. The number of benzene rings is 1. The Morgan fingerprint density at radius 3 is 2.92 bits per heavy atom. The zero-order valence-corrected chi connectivity index (χ0v) is 13.9. The third-order valence-electron chi connectivity index (χ3n) is 4.71. The van der Waals surface area contributed by atoms with Gasteiger partial charge in [0.25, 0.3) is 0 Å². The minimum Gasteiger partial charge on any atom is -0.350 e. The monoisotopic (exact) mass is 324 g/mol. The molecule has 1 atom stereocenters. The van der Waals surface area contributed by atoms with Gasteiger partial charge in [-0.3, -0.25) is 4.79 Å². The highest BCUT2D eigenvalue weighted by Gasteiger charge is 2.28. The molecular formula is C17H20N6O. The predicted molar refractivity (Wildman–Crippen MR) is 90.0 cm³/mol. The van der Waals surface area contributed by atoms with Crippen LogP contribution in [0.15, 0.2) is 30.5 Å². The van der Waals surface area contributed by atoms with Gasteiger partial charge in [0.05, 0.1) is 0 Å². The molecule has 4 rings (SSSR count). The van der Waals surface area contributed by atoms with E-state index in [-0.39, 0.29) is 12.1 Å². The molecule has 24 heavy (non-hydrogen) atoms. The average molecular weight is 324 g/mol. The van der Waals surface area contributed by atoms with Gasteiger partial charge in [-0.2, -0.15) is 0 Å². The Kier molecular flexibility index (Phi) is 3.55. The molecule has 7 heteroatoms. The number of nitrogens with zero attached hydrogens (tertiary/aromatic N) is 6. The second kappa shape index (κ2) is 5.74. The van der Waals surface area contributed by atoms with Gasteiger partial charge in [-0.25, -0.2) is 0 Å². The van der Waals surface area contributed by atoms with Gasteiger partial charge in [-0.1, -0.05) is 18.2 Å². The van der Waals surface area contributed by atoms with Crippen LogP contribution in [0.2, 0.25) is 0 Å². The lowest BCUT2D eigenvalue weighted by Gasteiger charge is -2.33. The van der Waals surface area contributed by atoms with E-state index in [1.165, 1.54) is 0 Å². The highest BCUT2D eigenvalue weighted by Crippen LogP contribution is 2.29. The summed E-state index contributed by atoms with van der Waals surface area (Å²) in [5.41, 5.74) is 2.09. The van der Waals surface area contributed by atoms with Crippen molar-refractivity contribution in [3.05, 3.63) is 30.5 Å². The summed E-state index contributed by atoms with van der Waals surface area (Å²) >= 11 is 0. The summed E-state index contributed by atoms with van der Waals surface area (Å²) in [7, 11) is 2.01. The Labute approximate surface area is 139 Å². The minimum atomic E-state index is -0.132. The number of likely N-dealkylation sites (tertiary alicyclic amines) is 1. The van der Waals surface area contributed by atoms with Crippen molar-refractivity contribution in [3.63, 3.8) is 0 Å². The van der Waals surface area contributed by atoms with E-state index < -0.39 is 0 Å². The SMILES string of the molecule is CC(=O)N1CCCCC1n1nnc(-c2cn(C)c3ccccc23)n1. The zero-order valence-electron chi connectivity index (χ0n) is 13.9. The molecule has 0 saturated carbocycles. The van der Waals surface area contributed by atoms with Gasteiger partial charge >= 0.3 is 0 Å². The Balaban J connectivity index is 1.73. The van der Waals surface area contributed by atoms with Crippen LogP contribution in [0.4, 0.5) is 0 Å². The summed E-state index contributed by atoms with van der Waals surface area (Å²) < 4.78 is 2.06. The van der Waals surface area contributed by atoms with Crippen LogP contribution in [0.5, 0.6) is 0 Å². The van der Waals surface area contributed by atoms with Gasteiger partial charge in [0.1, 0.15) is 6.17 Å². The molecule has 1 fully saturated rings. The van der Waals surface area contributed by atoms with E-state index in [1.807, 2.05) is 30.3 Å². The molecule has 0 bridgehead atoms. The maximum Gasteiger partial charge on any atom is 0.221 e. The smallest absolute Gasteiger partial charge is 0.221 e. The van der Waals surface area contributed by atoms with Crippen LogP contribution in [0.3, 0.4) is 0 Å². The summed E-state index contributed by atoms with van der Waals surface area (Å²) in [4.78, 5) is 15.3. The van der Waals surface area contributed by atoms with Crippen LogP contribution in [-0.4, -0.2) is 42.1 Å². The van der Waals surface area contributed by atoms with Gasteiger partial charge < -0.3 is 9.47 Å². The number of piperidine rings is 1. The third kappa shape index (κ3) is 2.36. The van der Waals surface area contributed by atoms with Gasteiger partial charge in [-0.05, 0) is 30.5 Å². The Morgan fingerprint density at radius 1 is 1.25 bits per heavy atom. The lowest BCUT2D eigenvalue weighted by Crippen LogP contribution is -2.40. The molecule has 0 N–H and O–H groups in total. The second-order valence-electron chi connectivity index (χ2n) is 6.29. The van der Waals surface area contributed by atoms with E-state index in [2.05, 4.69) is 32.1 Å². The molecule has 0 aliphatic carbocycles. The first-order valence-corrected chi connectivity index (χ1v) is 8.26. The molecule has 1 unspecified atom stereocenters. The molecule has 1 amide bonds. The number of aromatic nitrogens is 5. The second-order valence-corrected chi connectivity index (χ2v) is 6.29. The molecule has 124 valence electrons. The quantitative estimate of drug-likeness (QED) is 0.726. The van der Waals surface area contributed by atoms with Crippen molar-refractivity contribution in [1.82, 2.24) is 29.7 Å². The van der Waals surface area contributed by atoms with Gasteiger partial charge in [0.2, 0.25) is 11.7 Å². The van der Waals surface area contributed by atoms with Crippen molar-refractivity contribution in [2.45, 2.75) is 32.4 Å². The summed E-state index contributed by atoms with van der Waals surface area (Å²) in [5, 5.41) is 14.2. The average Bonchev–Trinajstić information content (AvgIpc) is 3.20. The van der Waals surface area contributed by atoms with Gasteiger partial charge in [-0.15, -0.1) is 15.0 Å². The van der Waals surface area contributed by atoms with E-state index in [0.717, 1.165) is 42.3 Å². The van der Waals surface area contributed by atoms with E-state index >= 15 is 0 Å². The molecule has 1 aliphatic rings. The number of carbonyl (C=O) groups is 1. The fourth-order valence-electron chi connectivity index (χ4n) is 3.50. The highest BCUT2D eigenvalue weighted by molar-refractivity contribution is 5.94. The first kappa shape index (κ1) is 14.9. The largest absolute Gasteiger partial charge is 0.350 e. The maximum atomic E-state index is 11.9. The first-order chi connectivity index (χ1) is 11.6. The van der Waals surface area contributed by atoms with Crippen LogP contribution in [-0.2, 0) is 11.8 Å². The van der Waals surface area contributed by atoms with Crippen molar-refractivity contribution in [3.8, 4) is 11.4 Å². The summed E-state index contributed by atoms with van der Waals surface area (Å²) in [6.45, 7) is 2.35. The molecule has 0 spiro atoms. The standard InChI is InChI=1S/C17H20N6O/c1-12(24)22-10-6-5-9-16(22)23-19-17(18-20-23)14-11-21(2)15-8-4-3-7-13(14)15/h3-4,7-8,11,16H,5-6,9-10H2,1-2H3. The normalized spacial score (nSPS) is 18.2. The number of fused-ring (bicyclic) bond motifs is 1. The fourth-order valence-corrected chi connectivity index (χ4v) is 3.50. The molecule has 1 aliphatic heterocycles. The van der Waals surface area contributed by atoms with Crippen LogP contribution < -0.4 is 0 Å². The van der Waals surface area contributed by atoms with Crippen LogP contribution in [0.25, 0.3) is 22.3 Å². The van der Waals surface area contributed by atoms with Crippen molar-refractivity contribution in [2.24, 2.45) is 7.05 Å². The maximum absolute atomic E-state index is 11.9. The predicted octanol–water partition coefficient (Wildman–Crippen LogP) is 2.36. The molecule has 2 aromatic heterocycles. The van der Waals surface area contributed by atoms with Crippen molar-refractivity contribution in [2.75, 3.05) is 6.54 Å². The molecule has 0 radical (unpaired) electrons. The minimum absolute atomic E-state index is 0.0590. The Hall–Kier alpha value is -2.70. The van der Waals surface area contributed by atoms with Crippen LogP contribution in [0.1, 0.15) is 32.4 Å². The number of para-hydroxylation sites is 1. The van der Waals surface area contributed by atoms with Crippen LogP contribution >= 0.6 is 0 Å². The zero-order chi connectivity index (χ0) is 16.7. The lowest BCUT2D eigenvalue weighted by atomic mass is 10.1. The number of hydrogen-bond donors (Lipinski definition) is 0. The Morgan fingerprint density at radius 2 is 2.08 bits per heavy atom. The number of aryl methyl sites for hydroxylation is 1. The lowest BCUT2D eigenvalue weighted by molar-refractivity contribution is -0.135. The van der Waals surface area contributed by atoms with E-state index in [1.54, 1.807) is 11.7 Å². The molecule has 3 heterocycles. The number of carbonyl (C=O) groups excluding carboxylic acids is 1. The third-order valence-corrected chi connectivity index (χ3v) is 4.71. The summed E-state index contributed by atoms with van der Waals surface area (Å²) in [6, 6.07) is 8.16. The van der Waals surface area contributed by atoms with E-state index in [9.17, 15) is 4.79 Å². The number of rotatable bonds is 2. The van der Waals surface area contributed by atoms with Gasteiger partial charge in [0, 0.05) is 43.2 Å². The van der Waals surface area contributed by atoms with Crippen molar-refractivity contribution < 1.29 is 4.79 Å². The van der Waals surface area contributed by atoms with Crippen molar-refractivity contribution in [1.29, 1.82) is 0 Å².